The van der Waals surface area contributed by atoms with Gasteiger partial charge in [-0.25, -0.2) is 4.39 Å². The largest absolute Gasteiger partial charge is 0.493 e. The number of nitrogens with two attached hydrogens (primary N) is 1. The molecule has 1 heterocycles. The van der Waals surface area contributed by atoms with Gasteiger partial charge >= 0.3 is 0 Å². The summed E-state index contributed by atoms with van der Waals surface area (Å²) in [5, 5.41) is 0. The van der Waals surface area contributed by atoms with Crippen LogP contribution in [0, 0.1) is 5.82 Å². The van der Waals surface area contributed by atoms with Crippen LogP contribution in [0.3, 0.4) is 0 Å². The topological polar surface area (TPSA) is 64.8 Å². The van der Waals surface area contributed by atoms with E-state index < -0.39 is 6.04 Å². The summed E-state index contributed by atoms with van der Waals surface area (Å²) in [6.07, 6.45) is 2.11. The molecule has 33 heavy (non-hydrogen) atoms. The van der Waals surface area contributed by atoms with E-state index in [2.05, 4.69) is 4.90 Å². The van der Waals surface area contributed by atoms with Gasteiger partial charge in [0.2, 0.25) is 5.91 Å². The van der Waals surface area contributed by atoms with Gasteiger partial charge in [0.1, 0.15) is 11.9 Å². The lowest BCUT2D eigenvalue weighted by Gasteiger charge is -2.41. The lowest BCUT2D eigenvalue weighted by molar-refractivity contribution is -0.124. The molecule has 0 spiro atoms. The van der Waals surface area contributed by atoms with Crippen LogP contribution in [-0.4, -0.2) is 31.6 Å². The van der Waals surface area contributed by atoms with Crippen molar-refractivity contribution in [1.29, 1.82) is 0 Å². The fraction of sp³-hybridized carbons (Fsp3) is 0.296. The molecular weight excluding hydrogens is 419 g/mol. The number of aryl methyl sites for hydroxylation is 1. The van der Waals surface area contributed by atoms with Crippen molar-refractivity contribution in [3.63, 3.8) is 0 Å². The molecule has 0 bridgehead atoms. The number of methoxy groups -OCH3 is 2. The molecule has 0 saturated carbocycles. The third-order valence-electron chi connectivity index (χ3n) is 6.36. The fourth-order valence-corrected chi connectivity index (χ4v) is 4.83. The van der Waals surface area contributed by atoms with Crippen LogP contribution in [0.25, 0.3) is 0 Å². The SMILES string of the molecule is COc1cc2c(cc1OC)[C@H](CCc1cccc(F)c1)N([C@@H](C(N)=O)c1ccccc1)CC2. The van der Waals surface area contributed by atoms with Gasteiger partial charge in [0.15, 0.2) is 11.5 Å². The summed E-state index contributed by atoms with van der Waals surface area (Å²) in [6.45, 7) is 0.665. The molecule has 1 aliphatic rings. The quantitative estimate of drug-likeness (QED) is 0.547. The Morgan fingerprint density at radius 2 is 1.79 bits per heavy atom. The van der Waals surface area contributed by atoms with Crippen LogP contribution in [-0.2, 0) is 17.6 Å². The number of nitrogens with zero attached hydrogens (tertiary/aromatic N) is 1. The molecule has 5 nitrogen and oxygen atoms in total. The van der Waals surface area contributed by atoms with Gasteiger partial charge in [-0.05, 0) is 65.8 Å². The first-order chi connectivity index (χ1) is 16.0. The van der Waals surface area contributed by atoms with Crippen molar-refractivity contribution < 1.29 is 18.7 Å². The maximum absolute atomic E-state index is 13.8. The summed E-state index contributed by atoms with van der Waals surface area (Å²) in [4.78, 5) is 14.9. The molecule has 6 heteroatoms. The van der Waals surface area contributed by atoms with E-state index in [0.717, 1.165) is 28.7 Å². The molecular formula is C27H29FN2O3. The number of ether oxygens (including phenoxy) is 2. The number of benzene rings is 3. The summed E-state index contributed by atoms with van der Waals surface area (Å²) in [7, 11) is 3.24. The van der Waals surface area contributed by atoms with Gasteiger partial charge in [-0.1, -0.05) is 42.5 Å². The Morgan fingerprint density at radius 3 is 2.45 bits per heavy atom. The molecule has 4 rings (SSSR count). The maximum Gasteiger partial charge on any atom is 0.239 e. The maximum atomic E-state index is 13.8. The predicted molar refractivity (Wildman–Crippen MR) is 126 cm³/mol. The van der Waals surface area contributed by atoms with E-state index >= 15 is 0 Å². The van der Waals surface area contributed by atoms with E-state index in [1.807, 2.05) is 48.5 Å². The minimum atomic E-state index is -0.565. The minimum Gasteiger partial charge on any atom is -0.493 e. The third kappa shape index (κ3) is 4.86. The number of rotatable bonds is 8. The standard InChI is InChI=1S/C27H29FN2O3/c1-32-24-16-20-13-14-30(26(27(29)31)19-8-4-3-5-9-19)23(22(20)17-25(24)33-2)12-11-18-7-6-10-21(28)15-18/h3-10,15-17,23,26H,11-14H2,1-2H3,(H2,29,31)/t23-,26+/m0/s1. The number of hydrogen-bond donors (Lipinski definition) is 1. The Kier molecular flexibility index (Phi) is 6.94. The molecule has 0 aliphatic carbocycles. The number of amides is 1. The van der Waals surface area contributed by atoms with Crippen molar-refractivity contribution in [1.82, 2.24) is 4.90 Å². The van der Waals surface area contributed by atoms with Gasteiger partial charge < -0.3 is 15.2 Å². The molecule has 3 aromatic carbocycles. The van der Waals surface area contributed by atoms with Crippen LogP contribution in [0.15, 0.2) is 66.7 Å². The van der Waals surface area contributed by atoms with Gasteiger partial charge in [0.25, 0.3) is 0 Å². The third-order valence-corrected chi connectivity index (χ3v) is 6.36. The van der Waals surface area contributed by atoms with Gasteiger partial charge in [-0.15, -0.1) is 0 Å². The first-order valence-electron chi connectivity index (χ1n) is 11.1. The molecule has 0 radical (unpaired) electrons. The molecule has 0 aromatic heterocycles. The molecule has 1 amide bonds. The Bertz CT molecular complexity index is 1120. The number of hydrogen-bond acceptors (Lipinski definition) is 4. The zero-order valence-corrected chi connectivity index (χ0v) is 19.0. The van der Waals surface area contributed by atoms with E-state index in [9.17, 15) is 9.18 Å². The highest BCUT2D eigenvalue weighted by Crippen LogP contribution is 2.43. The van der Waals surface area contributed by atoms with Gasteiger partial charge in [0, 0.05) is 12.6 Å². The number of carbonyl (C=O) groups is 1. The smallest absolute Gasteiger partial charge is 0.239 e. The van der Waals surface area contributed by atoms with Crippen molar-refractivity contribution in [2.45, 2.75) is 31.3 Å². The molecule has 172 valence electrons. The molecule has 0 saturated heterocycles. The zero-order chi connectivity index (χ0) is 23.4. The first-order valence-corrected chi connectivity index (χ1v) is 11.1. The van der Waals surface area contributed by atoms with Crippen molar-refractivity contribution in [2.75, 3.05) is 20.8 Å². The highest BCUT2D eigenvalue weighted by atomic mass is 19.1. The van der Waals surface area contributed by atoms with Gasteiger partial charge in [-0.2, -0.15) is 0 Å². The molecule has 1 aliphatic heterocycles. The van der Waals surface area contributed by atoms with Crippen molar-refractivity contribution in [2.24, 2.45) is 5.73 Å². The summed E-state index contributed by atoms with van der Waals surface area (Å²) in [5.74, 6) is 0.687. The number of primary amides is 1. The molecule has 2 N–H and O–H groups in total. The second kappa shape index (κ2) is 10.0. The summed E-state index contributed by atoms with van der Waals surface area (Å²) in [5.41, 5.74) is 9.95. The Labute approximate surface area is 193 Å². The van der Waals surface area contributed by atoms with Gasteiger partial charge in [0.05, 0.1) is 14.2 Å². The summed E-state index contributed by atoms with van der Waals surface area (Å²) >= 11 is 0. The lowest BCUT2D eigenvalue weighted by atomic mass is 9.86. The second-order valence-electron chi connectivity index (χ2n) is 8.29. The zero-order valence-electron chi connectivity index (χ0n) is 19.0. The molecule has 0 unspecified atom stereocenters. The van der Waals surface area contributed by atoms with Gasteiger partial charge in [-0.3, -0.25) is 9.69 Å². The lowest BCUT2D eigenvalue weighted by Crippen LogP contribution is -2.44. The molecule has 2 atom stereocenters. The van der Waals surface area contributed by atoms with E-state index in [4.69, 9.17) is 15.2 Å². The van der Waals surface area contributed by atoms with Crippen molar-refractivity contribution in [3.8, 4) is 11.5 Å². The summed E-state index contributed by atoms with van der Waals surface area (Å²) < 4.78 is 24.9. The summed E-state index contributed by atoms with van der Waals surface area (Å²) in [6, 6.07) is 19.6. The van der Waals surface area contributed by atoms with E-state index in [0.29, 0.717) is 30.9 Å². The number of carbonyl (C=O) groups excluding carboxylic acids is 1. The van der Waals surface area contributed by atoms with Crippen molar-refractivity contribution in [3.05, 3.63) is 94.8 Å². The molecule has 0 fully saturated rings. The van der Waals surface area contributed by atoms with E-state index in [1.165, 1.54) is 6.07 Å². The Morgan fingerprint density at radius 1 is 1.06 bits per heavy atom. The average Bonchev–Trinajstić information content (AvgIpc) is 2.83. The van der Waals surface area contributed by atoms with E-state index in [1.54, 1.807) is 26.4 Å². The van der Waals surface area contributed by atoms with E-state index in [-0.39, 0.29) is 17.8 Å². The highest BCUT2D eigenvalue weighted by molar-refractivity contribution is 5.81. The Hall–Kier alpha value is -3.38. The molecule has 3 aromatic rings. The first kappa shape index (κ1) is 22.8. The second-order valence-corrected chi connectivity index (χ2v) is 8.29. The predicted octanol–water partition coefficient (Wildman–Crippen LogP) is 4.60. The Balaban J connectivity index is 1.76. The minimum absolute atomic E-state index is 0.102. The van der Waals surface area contributed by atoms with Crippen LogP contribution in [0.5, 0.6) is 11.5 Å². The average molecular weight is 449 g/mol. The normalized spacial score (nSPS) is 16.6. The highest BCUT2D eigenvalue weighted by Gasteiger charge is 2.36. The van der Waals surface area contributed by atoms with Crippen LogP contribution in [0.2, 0.25) is 0 Å². The number of halogens is 1. The van der Waals surface area contributed by atoms with Crippen molar-refractivity contribution >= 4 is 5.91 Å². The number of fused-ring (bicyclic) bond motifs is 1. The monoisotopic (exact) mass is 448 g/mol. The van der Waals surface area contributed by atoms with Crippen LogP contribution < -0.4 is 15.2 Å². The fourth-order valence-electron chi connectivity index (χ4n) is 4.83. The van der Waals surface area contributed by atoms with Crippen LogP contribution >= 0.6 is 0 Å². The van der Waals surface area contributed by atoms with Crippen LogP contribution in [0.1, 0.15) is 40.8 Å². The van der Waals surface area contributed by atoms with Crippen LogP contribution in [0.4, 0.5) is 4.39 Å².